The summed E-state index contributed by atoms with van der Waals surface area (Å²) in [6, 6.07) is 14.2. The minimum absolute atomic E-state index is 0.0191. The Morgan fingerprint density at radius 2 is 1.76 bits per heavy atom. The Bertz CT molecular complexity index is 1650. The summed E-state index contributed by atoms with van der Waals surface area (Å²) in [7, 11) is -5.84. The Kier molecular flexibility index (Phi) is 6.50. The van der Waals surface area contributed by atoms with Gasteiger partial charge in [0.25, 0.3) is 5.91 Å². The van der Waals surface area contributed by atoms with E-state index in [1.165, 1.54) is 18.2 Å². The zero-order valence-electron chi connectivity index (χ0n) is 19.5. The summed E-state index contributed by atoms with van der Waals surface area (Å²) in [6.45, 7) is 0. The highest BCUT2D eigenvalue weighted by Crippen LogP contribution is 2.51. The number of nitrogens with two attached hydrogens (primary N) is 1. The topological polar surface area (TPSA) is 134 Å². The monoisotopic (exact) mass is 558 g/mol. The average molecular weight is 559 g/mol. The second-order valence-electron chi connectivity index (χ2n) is 8.94. The average Bonchev–Trinajstić information content (AvgIpc) is 3.57. The SMILES string of the molecule is CS(=O)(=O)N(c1ccc(B(O)O)c(Cl)c1)c1c(C2CC2)ccc2oc(-c3ccc(Cl)cc3)c(C(N)=O)c12. The number of hydrogen-bond acceptors (Lipinski definition) is 6. The standard InChI is InChI=1S/C25H21BCl2N2O6S/c1-37(34,35)30(16-8-10-18(26(32)33)19(28)12-16)23-17(13-2-3-13)9-11-20-21(23)22(25(29)31)24(36-20)14-4-6-15(27)7-5-14/h4-13,32-33H,2-3H2,1H3,(H2,29,31). The van der Waals surface area contributed by atoms with Crippen molar-refractivity contribution < 1.29 is 27.7 Å². The van der Waals surface area contributed by atoms with Gasteiger partial charge in [-0.1, -0.05) is 35.3 Å². The number of nitrogens with zero attached hydrogens (tertiary/aromatic N) is 1. The first-order valence-electron chi connectivity index (χ1n) is 11.3. The molecule has 0 radical (unpaired) electrons. The number of furan rings is 1. The van der Waals surface area contributed by atoms with Gasteiger partial charge in [-0.05, 0) is 66.8 Å². The number of primary amides is 1. The molecule has 4 aromatic rings. The van der Waals surface area contributed by atoms with Crippen molar-refractivity contribution in [2.45, 2.75) is 18.8 Å². The van der Waals surface area contributed by atoms with Crippen LogP contribution in [0, 0.1) is 0 Å². The van der Waals surface area contributed by atoms with E-state index < -0.39 is 23.0 Å². The lowest BCUT2D eigenvalue weighted by molar-refractivity contribution is 0.100. The van der Waals surface area contributed by atoms with Crippen molar-refractivity contribution in [2.24, 2.45) is 5.73 Å². The van der Waals surface area contributed by atoms with Crippen LogP contribution in [0.1, 0.15) is 34.7 Å². The highest BCUT2D eigenvalue weighted by Gasteiger charge is 2.36. The highest BCUT2D eigenvalue weighted by atomic mass is 35.5. The number of amides is 1. The third-order valence-corrected chi connectivity index (χ3v) is 7.90. The van der Waals surface area contributed by atoms with E-state index in [2.05, 4.69) is 0 Å². The molecule has 0 unspecified atom stereocenters. The van der Waals surface area contributed by atoms with E-state index in [1.54, 1.807) is 36.4 Å². The molecule has 0 aliphatic heterocycles. The first-order chi connectivity index (χ1) is 17.5. The number of benzene rings is 3. The number of sulfonamides is 1. The molecule has 37 heavy (non-hydrogen) atoms. The van der Waals surface area contributed by atoms with Gasteiger partial charge in [0.1, 0.15) is 11.3 Å². The molecule has 0 saturated heterocycles. The molecule has 1 aliphatic carbocycles. The van der Waals surface area contributed by atoms with Crippen LogP contribution in [0.25, 0.3) is 22.3 Å². The zero-order valence-corrected chi connectivity index (χ0v) is 21.8. The molecular formula is C25H21BCl2N2O6S. The van der Waals surface area contributed by atoms with Crippen LogP contribution in [0.4, 0.5) is 11.4 Å². The summed E-state index contributed by atoms with van der Waals surface area (Å²) >= 11 is 12.3. The van der Waals surface area contributed by atoms with E-state index in [1.807, 2.05) is 0 Å². The molecule has 1 saturated carbocycles. The first kappa shape index (κ1) is 25.6. The molecule has 1 heterocycles. The minimum Gasteiger partial charge on any atom is -0.455 e. The van der Waals surface area contributed by atoms with Crippen LogP contribution in [0.5, 0.6) is 0 Å². The van der Waals surface area contributed by atoms with Crippen LogP contribution < -0.4 is 15.5 Å². The molecule has 1 fully saturated rings. The van der Waals surface area contributed by atoms with Crippen LogP contribution in [-0.2, 0) is 10.0 Å². The maximum atomic E-state index is 13.3. The zero-order chi connectivity index (χ0) is 26.6. The van der Waals surface area contributed by atoms with Gasteiger partial charge in [0.15, 0.2) is 0 Å². The smallest absolute Gasteiger partial charge is 0.455 e. The molecule has 3 aromatic carbocycles. The van der Waals surface area contributed by atoms with Gasteiger partial charge < -0.3 is 20.2 Å². The van der Waals surface area contributed by atoms with Gasteiger partial charge in [0.2, 0.25) is 10.0 Å². The summed E-state index contributed by atoms with van der Waals surface area (Å²) in [5, 5.41) is 19.9. The maximum absolute atomic E-state index is 13.3. The molecular weight excluding hydrogens is 538 g/mol. The van der Waals surface area contributed by atoms with Crippen LogP contribution in [0.15, 0.2) is 59.0 Å². The number of anilines is 2. The van der Waals surface area contributed by atoms with E-state index in [4.69, 9.17) is 33.4 Å². The molecule has 0 bridgehead atoms. The van der Waals surface area contributed by atoms with Crippen molar-refractivity contribution >= 4 is 74.1 Å². The molecule has 0 spiro atoms. The number of halogens is 2. The second kappa shape index (κ2) is 9.38. The lowest BCUT2D eigenvalue weighted by Crippen LogP contribution is -2.32. The van der Waals surface area contributed by atoms with Crippen molar-refractivity contribution in [3.63, 3.8) is 0 Å². The molecule has 1 amide bonds. The Labute approximate surface area is 223 Å². The van der Waals surface area contributed by atoms with E-state index in [0.29, 0.717) is 16.1 Å². The van der Waals surface area contributed by atoms with Crippen LogP contribution in [-0.4, -0.2) is 37.7 Å². The largest absolute Gasteiger partial charge is 0.489 e. The van der Waals surface area contributed by atoms with Crippen molar-refractivity contribution in [3.05, 3.63) is 75.8 Å². The van der Waals surface area contributed by atoms with Gasteiger partial charge in [-0.2, -0.15) is 0 Å². The minimum atomic E-state index is -4.01. The molecule has 5 rings (SSSR count). The Morgan fingerprint density at radius 3 is 2.30 bits per heavy atom. The quantitative estimate of drug-likeness (QED) is 0.291. The Morgan fingerprint density at radius 1 is 1.08 bits per heavy atom. The predicted molar refractivity (Wildman–Crippen MR) is 145 cm³/mol. The van der Waals surface area contributed by atoms with Crippen molar-refractivity contribution in [3.8, 4) is 11.3 Å². The summed E-state index contributed by atoms with van der Waals surface area (Å²) in [4.78, 5) is 12.9. The van der Waals surface area contributed by atoms with Crippen LogP contribution in [0.3, 0.4) is 0 Å². The van der Waals surface area contributed by atoms with Gasteiger partial charge in [-0.25, -0.2) is 12.7 Å². The van der Waals surface area contributed by atoms with Crippen molar-refractivity contribution in [2.75, 3.05) is 10.6 Å². The number of fused-ring (bicyclic) bond motifs is 1. The van der Waals surface area contributed by atoms with Crippen molar-refractivity contribution in [1.82, 2.24) is 0 Å². The van der Waals surface area contributed by atoms with E-state index in [-0.39, 0.29) is 50.1 Å². The van der Waals surface area contributed by atoms with Gasteiger partial charge in [-0.15, -0.1) is 0 Å². The molecule has 8 nitrogen and oxygen atoms in total. The Balaban J connectivity index is 1.87. The van der Waals surface area contributed by atoms with E-state index in [0.717, 1.165) is 23.4 Å². The third kappa shape index (κ3) is 4.71. The summed E-state index contributed by atoms with van der Waals surface area (Å²) in [5.74, 6) is -0.519. The predicted octanol–water partition coefficient (Wildman–Crippen LogP) is 4.16. The summed E-state index contributed by atoms with van der Waals surface area (Å²) < 4.78 is 33.8. The number of hydrogen-bond donors (Lipinski definition) is 3. The van der Waals surface area contributed by atoms with Gasteiger partial charge in [-0.3, -0.25) is 4.79 Å². The fourth-order valence-electron chi connectivity index (χ4n) is 4.51. The summed E-state index contributed by atoms with van der Waals surface area (Å²) in [5.41, 5.74) is 7.85. The lowest BCUT2D eigenvalue weighted by Gasteiger charge is -2.26. The number of carbonyl (C=O) groups excluding carboxylic acids is 1. The van der Waals surface area contributed by atoms with Crippen LogP contribution >= 0.6 is 23.2 Å². The maximum Gasteiger partial charge on any atom is 0.489 e. The number of carbonyl (C=O) groups is 1. The van der Waals surface area contributed by atoms with Crippen LogP contribution in [0.2, 0.25) is 10.0 Å². The van der Waals surface area contributed by atoms with Gasteiger partial charge in [0, 0.05) is 21.1 Å². The Hall–Kier alpha value is -3.02. The van der Waals surface area contributed by atoms with E-state index >= 15 is 0 Å². The molecule has 1 aliphatic rings. The summed E-state index contributed by atoms with van der Waals surface area (Å²) in [6.07, 6.45) is 2.73. The number of rotatable bonds is 7. The first-order valence-corrected chi connectivity index (χ1v) is 13.9. The van der Waals surface area contributed by atoms with Crippen molar-refractivity contribution in [1.29, 1.82) is 0 Å². The molecule has 0 atom stereocenters. The molecule has 4 N–H and O–H groups in total. The lowest BCUT2D eigenvalue weighted by atomic mass is 9.80. The van der Waals surface area contributed by atoms with Gasteiger partial charge >= 0.3 is 7.12 Å². The fraction of sp³-hybridized carbons (Fsp3) is 0.160. The highest BCUT2D eigenvalue weighted by molar-refractivity contribution is 7.92. The third-order valence-electron chi connectivity index (χ3n) is 6.26. The van der Waals surface area contributed by atoms with Gasteiger partial charge in [0.05, 0.1) is 28.6 Å². The fourth-order valence-corrected chi connectivity index (χ4v) is 5.93. The molecule has 190 valence electrons. The normalized spacial score (nSPS) is 13.6. The second-order valence-corrected chi connectivity index (χ2v) is 11.6. The van der Waals surface area contributed by atoms with E-state index in [9.17, 15) is 23.3 Å². The molecule has 12 heteroatoms. The molecule has 1 aromatic heterocycles.